The summed E-state index contributed by atoms with van der Waals surface area (Å²) in [7, 11) is 0. The zero-order valence-corrected chi connectivity index (χ0v) is 11.9. The van der Waals surface area contributed by atoms with Gasteiger partial charge in [-0.3, -0.25) is 4.98 Å². The van der Waals surface area contributed by atoms with E-state index in [2.05, 4.69) is 10.3 Å². The van der Waals surface area contributed by atoms with Crippen LogP contribution in [0.2, 0.25) is 0 Å². The van der Waals surface area contributed by atoms with Crippen molar-refractivity contribution in [2.24, 2.45) is 0 Å². The average Bonchev–Trinajstić information content (AvgIpc) is 2.74. The van der Waals surface area contributed by atoms with Gasteiger partial charge in [0, 0.05) is 25.0 Å². The second kappa shape index (κ2) is 7.14. The first-order valence-electron chi connectivity index (χ1n) is 6.45. The minimum atomic E-state index is -0.996. The average molecular weight is 295 g/mol. The summed E-state index contributed by atoms with van der Waals surface area (Å²) in [5.41, 5.74) is 0.720. The quantitative estimate of drug-likeness (QED) is 0.881. The van der Waals surface area contributed by atoms with Crippen LogP contribution in [0.5, 0.6) is 0 Å². The molecule has 2 rings (SSSR count). The fourth-order valence-electron chi connectivity index (χ4n) is 1.94. The van der Waals surface area contributed by atoms with E-state index in [1.54, 1.807) is 4.90 Å². The lowest BCUT2D eigenvalue weighted by Crippen LogP contribution is -2.40. The highest BCUT2D eigenvalue weighted by Crippen LogP contribution is 2.10. The van der Waals surface area contributed by atoms with Crippen molar-refractivity contribution in [3.63, 3.8) is 0 Å². The fourth-order valence-corrected chi connectivity index (χ4v) is 2.82. The van der Waals surface area contributed by atoms with Crippen molar-refractivity contribution >= 4 is 23.8 Å². The van der Waals surface area contributed by atoms with Crippen molar-refractivity contribution in [3.8, 4) is 0 Å². The maximum Gasteiger partial charge on any atom is 0.335 e. The number of aromatic carboxylic acids is 1. The first-order chi connectivity index (χ1) is 9.66. The van der Waals surface area contributed by atoms with E-state index in [4.69, 9.17) is 5.11 Å². The van der Waals surface area contributed by atoms with Gasteiger partial charge in [0.15, 0.2) is 0 Å². The van der Waals surface area contributed by atoms with Gasteiger partial charge < -0.3 is 15.3 Å². The Morgan fingerprint density at radius 1 is 1.40 bits per heavy atom. The third-order valence-electron chi connectivity index (χ3n) is 2.99. The van der Waals surface area contributed by atoms with Crippen molar-refractivity contribution in [1.29, 1.82) is 0 Å². The number of thioether (sulfide) groups is 1. The van der Waals surface area contributed by atoms with Gasteiger partial charge in [0.1, 0.15) is 0 Å². The molecule has 1 saturated heterocycles. The molecule has 1 aromatic rings. The highest BCUT2D eigenvalue weighted by Gasteiger charge is 2.15. The van der Waals surface area contributed by atoms with Gasteiger partial charge >= 0.3 is 12.0 Å². The highest BCUT2D eigenvalue weighted by molar-refractivity contribution is 7.99. The van der Waals surface area contributed by atoms with Crippen LogP contribution in [0, 0.1) is 0 Å². The normalized spacial score (nSPS) is 15.5. The number of carboxylic acids is 1. The van der Waals surface area contributed by atoms with Crippen LogP contribution in [0.25, 0.3) is 0 Å². The Morgan fingerprint density at radius 3 is 3.05 bits per heavy atom. The van der Waals surface area contributed by atoms with E-state index in [-0.39, 0.29) is 18.1 Å². The second-order valence-electron chi connectivity index (χ2n) is 4.45. The van der Waals surface area contributed by atoms with Crippen LogP contribution in [0.1, 0.15) is 22.5 Å². The van der Waals surface area contributed by atoms with E-state index in [1.165, 1.54) is 18.3 Å². The van der Waals surface area contributed by atoms with Crippen molar-refractivity contribution in [2.45, 2.75) is 13.0 Å². The summed E-state index contributed by atoms with van der Waals surface area (Å²) in [5.74, 6) is 1.05. The van der Waals surface area contributed by atoms with Gasteiger partial charge in [-0.05, 0) is 24.3 Å². The van der Waals surface area contributed by atoms with Gasteiger partial charge in [0.2, 0.25) is 0 Å². The Labute approximate surface area is 121 Å². The summed E-state index contributed by atoms with van der Waals surface area (Å²) in [6.45, 7) is 1.75. The fraction of sp³-hybridized carbons (Fsp3) is 0.462. The molecule has 108 valence electrons. The van der Waals surface area contributed by atoms with Crippen LogP contribution in [0.3, 0.4) is 0 Å². The minimum Gasteiger partial charge on any atom is -0.478 e. The molecular weight excluding hydrogens is 278 g/mol. The van der Waals surface area contributed by atoms with E-state index >= 15 is 0 Å². The van der Waals surface area contributed by atoms with Crippen molar-refractivity contribution in [2.75, 3.05) is 24.6 Å². The smallest absolute Gasteiger partial charge is 0.335 e. The van der Waals surface area contributed by atoms with E-state index < -0.39 is 5.97 Å². The zero-order valence-electron chi connectivity index (χ0n) is 11.0. The van der Waals surface area contributed by atoms with Crippen molar-refractivity contribution in [3.05, 3.63) is 29.6 Å². The van der Waals surface area contributed by atoms with Crippen molar-refractivity contribution in [1.82, 2.24) is 15.2 Å². The van der Waals surface area contributed by atoms with Crippen LogP contribution in [0.4, 0.5) is 4.79 Å². The van der Waals surface area contributed by atoms with E-state index in [1.807, 2.05) is 11.8 Å². The van der Waals surface area contributed by atoms with E-state index in [0.717, 1.165) is 31.0 Å². The predicted molar refractivity (Wildman–Crippen MR) is 76.9 cm³/mol. The second-order valence-corrected chi connectivity index (χ2v) is 5.68. The van der Waals surface area contributed by atoms with Gasteiger partial charge in [-0.15, -0.1) is 0 Å². The molecule has 7 heteroatoms. The highest BCUT2D eigenvalue weighted by atomic mass is 32.2. The lowest BCUT2D eigenvalue weighted by Gasteiger charge is -2.20. The largest absolute Gasteiger partial charge is 0.478 e. The van der Waals surface area contributed by atoms with Gasteiger partial charge in [0.05, 0.1) is 17.8 Å². The third kappa shape index (κ3) is 4.12. The number of carbonyl (C=O) groups is 2. The zero-order chi connectivity index (χ0) is 14.4. The third-order valence-corrected chi connectivity index (χ3v) is 4.04. The Hall–Kier alpha value is -1.76. The Morgan fingerprint density at radius 2 is 2.25 bits per heavy atom. The summed E-state index contributed by atoms with van der Waals surface area (Å²) >= 11 is 1.86. The molecule has 0 atom stereocenters. The lowest BCUT2D eigenvalue weighted by atomic mass is 10.2. The molecule has 1 aromatic heterocycles. The molecule has 2 amide bonds. The molecule has 0 aliphatic carbocycles. The Bertz CT molecular complexity index is 488. The summed E-state index contributed by atoms with van der Waals surface area (Å²) in [6, 6.07) is 2.79. The monoisotopic (exact) mass is 295 g/mol. The number of rotatable bonds is 3. The predicted octanol–water partition coefficient (Wildman–Crippen LogP) is 1.43. The number of hydrogen-bond acceptors (Lipinski definition) is 4. The first-order valence-corrected chi connectivity index (χ1v) is 7.61. The van der Waals surface area contributed by atoms with E-state index in [0.29, 0.717) is 5.69 Å². The standard InChI is InChI=1S/C13H17N3O3S/c17-12(18)10-2-3-14-11(8-10)9-15-13(19)16-4-1-6-20-7-5-16/h2-3,8H,1,4-7,9H2,(H,15,19)(H,17,18). The maximum atomic E-state index is 12.0. The molecule has 6 nitrogen and oxygen atoms in total. The molecule has 0 aromatic carbocycles. The minimum absolute atomic E-state index is 0.116. The lowest BCUT2D eigenvalue weighted by molar-refractivity contribution is 0.0696. The number of pyridine rings is 1. The topological polar surface area (TPSA) is 82.5 Å². The SMILES string of the molecule is O=C(O)c1ccnc(CNC(=O)N2CCCSCC2)c1. The summed E-state index contributed by atoms with van der Waals surface area (Å²) < 4.78 is 0. The summed E-state index contributed by atoms with van der Waals surface area (Å²) in [6.07, 6.45) is 2.44. The number of nitrogens with zero attached hydrogens (tertiary/aromatic N) is 2. The molecular formula is C13H17N3O3S. The van der Waals surface area contributed by atoms with Crippen LogP contribution >= 0.6 is 11.8 Å². The number of carbonyl (C=O) groups excluding carboxylic acids is 1. The molecule has 2 heterocycles. The van der Waals surface area contributed by atoms with Gasteiger partial charge in [-0.25, -0.2) is 9.59 Å². The molecule has 0 bridgehead atoms. The number of amides is 2. The molecule has 2 N–H and O–H groups in total. The molecule has 1 aliphatic rings. The summed E-state index contributed by atoms with van der Waals surface area (Å²) in [4.78, 5) is 28.7. The number of aromatic nitrogens is 1. The molecule has 1 fully saturated rings. The van der Waals surface area contributed by atoms with Crippen molar-refractivity contribution < 1.29 is 14.7 Å². The molecule has 0 spiro atoms. The van der Waals surface area contributed by atoms with Crippen LogP contribution in [-0.2, 0) is 6.54 Å². The van der Waals surface area contributed by atoms with Gasteiger partial charge in [-0.1, -0.05) is 0 Å². The molecule has 0 radical (unpaired) electrons. The molecule has 0 unspecified atom stereocenters. The Balaban J connectivity index is 1.89. The number of hydrogen-bond donors (Lipinski definition) is 2. The van der Waals surface area contributed by atoms with Gasteiger partial charge in [-0.2, -0.15) is 11.8 Å². The molecule has 20 heavy (non-hydrogen) atoms. The van der Waals surface area contributed by atoms with E-state index in [9.17, 15) is 9.59 Å². The molecule has 1 aliphatic heterocycles. The van der Waals surface area contributed by atoms with Gasteiger partial charge in [0.25, 0.3) is 0 Å². The first kappa shape index (κ1) is 14.6. The van der Waals surface area contributed by atoms with Crippen LogP contribution in [-0.4, -0.2) is 51.6 Å². The maximum absolute atomic E-state index is 12.0. The number of carboxylic acid groups (broad SMARTS) is 1. The summed E-state index contributed by atoms with van der Waals surface area (Å²) in [5, 5.41) is 11.7. The van der Waals surface area contributed by atoms with Crippen LogP contribution in [0.15, 0.2) is 18.3 Å². The van der Waals surface area contributed by atoms with Crippen LogP contribution < -0.4 is 5.32 Å². The number of nitrogens with one attached hydrogen (secondary N) is 1. The Kier molecular flexibility index (Phi) is 5.23. The number of urea groups is 1. The molecule has 0 saturated carbocycles.